The maximum Gasteiger partial charge on any atom is 0.409 e. The van der Waals surface area contributed by atoms with E-state index in [1.165, 1.54) is 7.05 Å². The van der Waals surface area contributed by atoms with Crippen LogP contribution in [0.25, 0.3) is 0 Å². The third-order valence-corrected chi connectivity index (χ3v) is 4.61. The van der Waals surface area contributed by atoms with Gasteiger partial charge in [-0.1, -0.05) is 0 Å². The second-order valence-corrected chi connectivity index (χ2v) is 5.80. The molecule has 94 valence electrons. The molecule has 1 saturated heterocycles. The van der Waals surface area contributed by atoms with Gasteiger partial charge in [-0.15, -0.1) is 0 Å². The molecule has 1 aliphatic heterocycles. The lowest BCUT2D eigenvalue weighted by molar-refractivity contribution is 0.1000. The van der Waals surface area contributed by atoms with Crippen LogP contribution in [-0.4, -0.2) is 51.4 Å². The van der Waals surface area contributed by atoms with Gasteiger partial charge < -0.3 is 9.64 Å². The molecule has 0 bridgehead atoms. The molecule has 1 rings (SSSR count). The van der Waals surface area contributed by atoms with Crippen molar-refractivity contribution in [3.05, 3.63) is 0 Å². The molecule has 0 aromatic rings. The van der Waals surface area contributed by atoms with Crippen molar-refractivity contribution in [2.45, 2.75) is 25.0 Å². The largest absolute Gasteiger partial charge is 0.450 e. The third-order valence-electron chi connectivity index (χ3n) is 2.69. The van der Waals surface area contributed by atoms with Crippen molar-refractivity contribution in [1.82, 2.24) is 9.62 Å². The molecule has 1 aliphatic rings. The zero-order valence-corrected chi connectivity index (χ0v) is 10.4. The number of carbonyl (C=O) groups is 1. The molecular formula is C9H18N2O4S. The summed E-state index contributed by atoms with van der Waals surface area (Å²) in [6.45, 7) is 2.96. The fourth-order valence-corrected chi connectivity index (χ4v) is 2.89. The van der Waals surface area contributed by atoms with Crippen molar-refractivity contribution < 1.29 is 17.9 Å². The van der Waals surface area contributed by atoms with Crippen LogP contribution in [0.5, 0.6) is 0 Å². The van der Waals surface area contributed by atoms with Gasteiger partial charge in [0.05, 0.1) is 11.9 Å². The number of hydrogen-bond donors (Lipinski definition) is 1. The number of likely N-dealkylation sites (tertiary alicyclic amines) is 1. The fourth-order valence-electron chi connectivity index (χ4n) is 1.73. The Kier molecular flexibility index (Phi) is 4.55. The molecule has 0 unspecified atom stereocenters. The molecule has 0 aliphatic carbocycles. The van der Waals surface area contributed by atoms with Gasteiger partial charge in [-0.25, -0.2) is 17.9 Å². The SMILES string of the molecule is CCOC(=O)N1CCC(S(=O)(=O)NC)CC1. The van der Waals surface area contributed by atoms with E-state index in [4.69, 9.17) is 4.74 Å². The number of hydrogen-bond acceptors (Lipinski definition) is 4. The van der Waals surface area contributed by atoms with Gasteiger partial charge in [-0.2, -0.15) is 0 Å². The summed E-state index contributed by atoms with van der Waals surface area (Å²) in [5.74, 6) is 0. The Morgan fingerprint density at radius 1 is 1.44 bits per heavy atom. The molecule has 0 aromatic heterocycles. The fraction of sp³-hybridized carbons (Fsp3) is 0.889. The molecule has 0 radical (unpaired) electrons. The van der Waals surface area contributed by atoms with Crippen molar-refractivity contribution in [1.29, 1.82) is 0 Å². The zero-order valence-electron chi connectivity index (χ0n) is 9.60. The number of carbonyl (C=O) groups excluding carboxylic acids is 1. The smallest absolute Gasteiger partial charge is 0.409 e. The van der Waals surface area contributed by atoms with Gasteiger partial charge in [0, 0.05) is 13.1 Å². The van der Waals surface area contributed by atoms with Crippen LogP contribution in [0.4, 0.5) is 4.79 Å². The normalized spacial score (nSPS) is 18.5. The lowest BCUT2D eigenvalue weighted by Gasteiger charge is -2.30. The van der Waals surface area contributed by atoms with Gasteiger partial charge in [0.1, 0.15) is 0 Å². The van der Waals surface area contributed by atoms with Gasteiger partial charge >= 0.3 is 6.09 Å². The maximum atomic E-state index is 11.5. The Morgan fingerprint density at radius 3 is 2.44 bits per heavy atom. The summed E-state index contributed by atoms with van der Waals surface area (Å²) in [5.41, 5.74) is 0. The van der Waals surface area contributed by atoms with E-state index >= 15 is 0 Å². The van der Waals surface area contributed by atoms with Crippen LogP contribution in [0.3, 0.4) is 0 Å². The summed E-state index contributed by atoms with van der Waals surface area (Å²) < 4.78 is 30.2. The average Bonchev–Trinajstić information content (AvgIpc) is 2.29. The summed E-state index contributed by atoms with van der Waals surface area (Å²) in [6, 6.07) is 0. The molecule has 1 fully saturated rings. The molecule has 7 heteroatoms. The van der Waals surface area contributed by atoms with E-state index < -0.39 is 15.3 Å². The molecule has 6 nitrogen and oxygen atoms in total. The first-order valence-corrected chi connectivity index (χ1v) is 6.90. The summed E-state index contributed by atoms with van der Waals surface area (Å²) in [5, 5.41) is -0.400. The summed E-state index contributed by atoms with van der Waals surface area (Å²) >= 11 is 0. The van der Waals surface area contributed by atoms with Gasteiger partial charge in [0.25, 0.3) is 0 Å². The number of piperidine rings is 1. The van der Waals surface area contributed by atoms with E-state index in [2.05, 4.69) is 4.72 Å². The standard InChI is InChI=1S/C9H18N2O4S/c1-3-15-9(12)11-6-4-8(5-7-11)16(13,14)10-2/h8,10H,3-7H2,1-2H3. The van der Waals surface area contributed by atoms with Crippen LogP contribution in [0.1, 0.15) is 19.8 Å². The van der Waals surface area contributed by atoms with E-state index in [1.807, 2.05) is 0 Å². The molecule has 1 N–H and O–H groups in total. The van der Waals surface area contributed by atoms with Crippen molar-refractivity contribution >= 4 is 16.1 Å². The number of rotatable bonds is 3. The van der Waals surface area contributed by atoms with Crippen molar-refractivity contribution in [2.24, 2.45) is 0 Å². The van der Waals surface area contributed by atoms with Crippen molar-refractivity contribution in [3.63, 3.8) is 0 Å². The first kappa shape index (κ1) is 13.2. The highest BCUT2D eigenvalue weighted by molar-refractivity contribution is 7.90. The number of amides is 1. The van der Waals surface area contributed by atoms with Gasteiger partial charge in [-0.3, -0.25) is 0 Å². The Balaban J connectivity index is 2.49. The minimum atomic E-state index is -3.21. The zero-order chi connectivity index (χ0) is 12.2. The number of nitrogens with one attached hydrogen (secondary N) is 1. The van der Waals surface area contributed by atoms with E-state index in [1.54, 1.807) is 11.8 Å². The van der Waals surface area contributed by atoms with Crippen molar-refractivity contribution in [2.75, 3.05) is 26.7 Å². The predicted octanol–water partition coefficient (Wildman–Crippen LogP) is 0.157. The number of ether oxygens (including phenoxy) is 1. The van der Waals surface area contributed by atoms with Crippen molar-refractivity contribution in [3.8, 4) is 0 Å². The van der Waals surface area contributed by atoms with E-state index in [0.717, 1.165) is 0 Å². The van der Waals surface area contributed by atoms with Gasteiger partial charge in [0.15, 0.2) is 0 Å². The highest BCUT2D eigenvalue weighted by Crippen LogP contribution is 2.17. The molecule has 0 saturated carbocycles. The summed E-state index contributed by atoms with van der Waals surface area (Å²) in [4.78, 5) is 12.9. The highest BCUT2D eigenvalue weighted by atomic mass is 32.2. The van der Waals surface area contributed by atoms with Crippen LogP contribution in [0.2, 0.25) is 0 Å². The summed E-state index contributed by atoms with van der Waals surface area (Å²) in [6.07, 6.45) is 0.562. The molecule has 0 spiro atoms. The monoisotopic (exact) mass is 250 g/mol. The van der Waals surface area contributed by atoms with Gasteiger partial charge in [-0.05, 0) is 26.8 Å². The number of sulfonamides is 1. The lowest BCUT2D eigenvalue weighted by atomic mass is 10.1. The Hall–Kier alpha value is -0.820. The van der Waals surface area contributed by atoms with Crippen LogP contribution in [0.15, 0.2) is 0 Å². The van der Waals surface area contributed by atoms with E-state index in [-0.39, 0.29) is 6.09 Å². The Bertz CT molecular complexity index is 333. The highest BCUT2D eigenvalue weighted by Gasteiger charge is 2.30. The first-order valence-electron chi connectivity index (χ1n) is 5.35. The molecule has 16 heavy (non-hydrogen) atoms. The number of nitrogens with zero attached hydrogens (tertiary/aromatic N) is 1. The van der Waals surface area contributed by atoms with Crippen LogP contribution < -0.4 is 4.72 Å². The second-order valence-electron chi connectivity index (χ2n) is 3.63. The van der Waals surface area contributed by atoms with Gasteiger partial charge in [0.2, 0.25) is 10.0 Å². The summed E-state index contributed by atoms with van der Waals surface area (Å²) in [7, 11) is -1.80. The van der Waals surface area contributed by atoms with Crippen LogP contribution in [-0.2, 0) is 14.8 Å². The molecule has 1 heterocycles. The third kappa shape index (κ3) is 3.08. The topological polar surface area (TPSA) is 75.7 Å². The quantitative estimate of drug-likeness (QED) is 0.774. The average molecular weight is 250 g/mol. The first-order chi connectivity index (χ1) is 7.51. The van der Waals surface area contributed by atoms with E-state index in [0.29, 0.717) is 32.5 Å². The molecule has 1 amide bonds. The molecular weight excluding hydrogens is 232 g/mol. The molecule has 0 aromatic carbocycles. The Labute approximate surface area is 96.0 Å². The maximum absolute atomic E-state index is 11.5. The molecule has 0 atom stereocenters. The minimum Gasteiger partial charge on any atom is -0.450 e. The second kappa shape index (κ2) is 5.49. The Morgan fingerprint density at radius 2 is 2.00 bits per heavy atom. The lowest BCUT2D eigenvalue weighted by Crippen LogP contribution is -2.45. The van der Waals surface area contributed by atoms with E-state index in [9.17, 15) is 13.2 Å². The minimum absolute atomic E-state index is 0.341. The van der Waals surface area contributed by atoms with Crippen LogP contribution in [0, 0.1) is 0 Å². The predicted molar refractivity (Wildman–Crippen MR) is 59.6 cm³/mol. The van der Waals surface area contributed by atoms with Crippen LogP contribution >= 0.6 is 0 Å².